The van der Waals surface area contributed by atoms with Crippen molar-refractivity contribution in [2.45, 2.75) is 82.7 Å². The number of rotatable bonds is 4. The van der Waals surface area contributed by atoms with Gasteiger partial charge in [0, 0.05) is 37.1 Å². The predicted octanol–water partition coefficient (Wildman–Crippen LogP) is 3.53. The summed E-state index contributed by atoms with van der Waals surface area (Å²) in [7, 11) is 0. The van der Waals surface area contributed by atoms with Gasteiger partial charge in [0.1, 0.15) is 0 Å². The average molecular weight is 349 g/mol. The molecule has 2 spiro atoms. The van der Waals surface area contributed by atoms with E-state index in [4.69, 9.17) is 14.5 Å². The molecular weight excluding hydrogens is 318 g/mol. The van der Waals surface area contributed by atoms with Gasteiger partial charge in [0.2, 0.25) is 17.5 Å². The molecule has 5 heteroatoms. The van der Waals surface area contributed by atoms with Crippen LogP contribution in [0.15, 0.2) is 0 Å². The molecule has 0 aromatic carbocycles. The van der Waals surface area contributed by atoms with Gasteiger partial charge in [-0.15, -0.1) is 0 Å². The fourth-order valence-electron chi connectivity index (χ4n) is 6.47. The fraction of sp³-hybridized carbons (Fsp3) is 0.950. The number of carbonyl (C=O) groups excluding carboxylic acids is 1. The third-order valence-electron chi connectivity index (χ3n) is 7.70. The molecule has 1 N–H and O–H groups in total. The monoisotopic (exact) mass is 349 g/mol. The molecule has 1 aliphatic heterocycles. The van der Waals surface area contributed by atoms with Gasteiger partial charge in [0.15, 0.2) is 0 Å². The first-order valence-electron chi connectivity index (χ1n) is 10.5. The molecule has 1 heterocycles. The Balaban J connectivity index is 1.21. The minimum absolute atomic E-state index is 0.0992. The topological polar surface area (TPSA) is 56.8 Å². The average Bonchev–Trinajstić information content (AvgIpc) is 3.19. The van der Waals surface area contributed by atoms with Crippen LogP contribution in [-0.4, -0.2) is 24.0 Å². The Morgan fingerprint density at radius 3 is 2.72 bits per heavy atom. The zero-order valence-electron chi connectivity index (χ0n) is 15.3. The Labute approximate surface area is 150 Å². The number of amides is 1. The van der Waals surface area contributed by atoms with Crippen LogP contribution in [0.5, 0.6) is 0 Å². The fourth-order valence-corrected chi connectivity index (χ4v) is 6.47. The second kappa shape index (κ2) is 5.93. The summed E-state index contributed by atoms with van der Waals surface area (Å²) in [6.45, 7) is 2.94. The lowest BCUT2D eigenvalue weighted by Crippen LogP contribution is -2.48. The van der Waals surface area contributed by atoms with E-state index < -0.39 is 11.6 Å². The molecule has 6 fully saturated rings. The molecular formula is C20H31NO4. The van der Waals surface area contributed by atoms with E-state index in [9.17, 15) is 4.79 Å². The number of hydrogen-bond acceptors (Lipinski definition) is 4. The van der Waals surface area contributed by atoms with E-state index in [0.29, 0.717) is 11.8 Å². The molecule has 5 unspecified atom stereocenters. The van der Waals surface area contributed by atoms with Crippen LogP contribution in [0.1, 0.15) is 71.1 Å². The molecule has 0 aromatic heterocycles. The van der Waals surface area contributed by atoms with Crippen molar-refractivity contribution >= 4 is 5.91 Å². The molecule has 5 aliphatic carbocycles. The van der Waals surface area contributed by atoms with Crippen molar-refractivity contribution in [1.29, 1.82) is 0 Å². The maximum Gasteiger partial charge on any atom is 0.223 e. The van der Waals surface area contributed by atoms with Gasteiger partial charge in [-0.25, -0.2) is 0 Å². The minimum Gasteiger partial charge on any atom is -0.356 e. The molecule has 1 amide bonds. The van der Waals surface area contributed by atoms with Crippen molar-refractivity contribution in [2.75, 3.05) is 6.54 Å². The summed E-state index contributed by atoms with van der Waals surface area (Å²) in [5.74, 6) is 1.97. The van der Waals surface area contributed by atoms with Gasteiger partial charge in [0.25, 0.3) is 0 Å². The molecule has 4 bridgehead atoms. The van der Waals surface area contributed by atoms with Crippen LogP contribution in [0.25, 0.3) is 0 Å². The van der Waals surface area contributed by atoms with Crippen LogP contribution in [-0.2, 0) is 19.3 Å². The van der Waals surface area contributed by atoms with Gasteiger partial charge in [-0.2, -0.15) is 9.78 Å². The SMILES string of the molecule is CCCCNC(=O)C1CCC2(CC1)OOC1(O2)C2CC3CC(C2)C1C3. The van der Waals surface area contributed by atoms with Crippen molar-refractivity contribution in [3.63, 3.8) is 0 Å². The van der Waals surface area contributed by atoms with Gasteiger partial charge in [-0.3, -0.25) is 4.79 Å². The van der Waals surface area contributed by atoms with Crippen LogP contribution in [0.4, 0.5) is 0 Å². The highest BCUT2D eigenvalue weighted by Gasteiger charge is 2.70. The van der Waals surface area contributed by atoms with E-state index >= 15 is 0 Å². The molecule has 5 saturated carbocycles. The molecule has 6 rings (SSSR count). The van der Waals surface area contributed by atoms with E-state index in [1.54, 1.807) is 0 Å². The first-order chi connectivity index (χ1) is 12.1. The summed E-state index contributed by atoms with van der Waals surface area (Å²) < 4.78 is 6.65. The van der Waals surface area contributed by atoms with Crippen LogP contribution in [0, 0.1) is 29.6 Å². The van der Waals surface area contributed by atoms with Gasteiger partial charge < -0.3 is 10.1 Å². The number of unbranched alkanes of at least 4 members (excludes halogenated alkanes) is 1. The number of ether oxygens (including phenoxy) is 1. The first-order valence-corrected chi connectivity index (χ1v) is 10.5. The summed E-state index contributed by atoms with van der Waals surface area (Å²) in [5, 5.41) is 3.07. The van der Waals surface area contributed by atoms with Crippen molar-refractivity contribution < 1.29 is 19.3 Å². The van der Waals surface area contributed by atoms with Crippen molar-refractivity contribution in [3.05, 3.63) is 0 Å². The maximum atomic E-state index is 12.3. The second-order valence-electron chi connectivity index (χ2n) is 9.19. The van der Waals surface area contributed by atoms with E-state index in [2.05, 4.69) is 12.2 Å². The molecule has 6 aliphatic rings. The van der Waals surface area contributed by atoms with Crippen LogP contribution in [0.3, 0.4) is 0 Å². The summed E-state index contributed by atoms with van der Waals surface area (Å²) in [4.78, 5) is 24.2. The quantitative estimate of drug-likeness (QED) is 0.623. The van der Waals surface area contributed by atoms with Gasteiger partial charge in [-0.05, 0) is 56.8 Å². The molecule has 5 nitrogen and oxygen atoms in total. The zero-order valence-corrected chi connectivity index (χ0v) is 15.3. The third-order valence-corrected chi connectivity index (χ3v) is 7.70. The predicted molar refractivity (Wildman–Crippen MR) is 91.0 cm³/mol. The van der Waals surface area contributed by atoms with Crippen LogP contribution < -0.4 is 5.32 Å². The van der Waals surface area contributed by atoms with Crippen LogP contribution >= 0.6 is 0 Å². The largest absolute Gasteiger partial charge is 0.356 e. The molecule has 0 aromatic rings. The van der Waals surface area contributed by atoms with Gasteiger partial charge in [0.05, 0.1) is 0 Å². The summed E-state index contributed by atoms with van der Waals surface area (Å²) in [6, 6.07) is 0. The minimum atomic E-state index is -0.594. The molecule has 5 atom stereocenters. The Hall–Kier alpha value is -0.650. The normalized spacial score (nSPS) is 50.2. The zero-order chi connectivity index (χ0) is 17.1. The first kappa shape index (κ1) is 16.5. The van der Waals surface area contributed by atoms with E-state index in [1.807, 2.05) is 0 Å². The Bertz CT molecular complexity index is 540. The summed E-state index contributed by atoms with van der Waals surface area (Å²) >= 11 is 0. The second-order valence-corrected chi connectivity index (χ2v) is 9.19. The molecule has 0 radical (unpaired) electrons. The van der Waals surface area contributed by atoms with E-state index in [0.717, 1.165) is 56.9 Å². The number of nitrogens with one attached hydrogen (secondary N) is 1. The van der Waals surface area contributed by atoms with Crippen molar-refractivity contribution in [3.8, 4) is 0 Å². The van der Waals surface area contributed by atoms with Gasteiger partial charge in [-0.1, -0.05) is 13.3 Å². The van der Waals surface area contributed by atoms with Crippen molar-refractivity contribution in [2.24, 2.45) is 29.6 Å². The number of hydrogen-bond donors (Lipinski definition) is 1. The van der Waals surface area contributed by atoms with Crippen LogP contribution in [0.2, 0.25) is 0 Å². The van der Waals surface area contributed by atoms with Crippen molar-refractivity contribution in [1.82, 2.24) is 5.32 Å². The Kier molecular flexibility index (Phi) is 3.92. The Morgan fingerprint density at radius 1 is 1.12 bits per heavy atom. The lowest BCUT2D eigenvalue weighted by molar-refractivity contribution is -0.370. The van der Waals surface area contributed by atoms with E-state index in [1.165, 1.54) is 25.7 Å². The number of carbonyl (C=O) groups is 1. The lowest BCUT2D eigenvalue weighted by Gasteiger charge is -2.40. The molecule has 1 saturated heterocycles. The van der Waals surface area contributed by atoms with E-state index in [-0.39, 0.29) is 11.8 Å². The maximum absolute atomic E-state index is 12.3. The Morgan fingerprint density at radius 2 is 1.96 bits per heavy atom. The highest BCUT2D eigenvalue weighted by atomic mass is 17.3. The van der Waals surface area contributed by atoms with Gasteiger partial charge >= 0.3 is 0 Å². The lowest BCUT2D eigenvalue weighted by atomic mass is 9.78. The summed E-state index contributed by atoms with van der Waals surface area (Å²) in [6.07, 6.45) is 10.5. The summed E-state index contributed by atoms with van der Waals surface area (Å²) in [5.41, 5.74) is 0. The third kappa shape index (κ3) is 2.49. The smallest absolute Gasteiger partial charge is 0.223 e. The molecule has 140 valence electrons. The highest BCUT2D eigenvalue weighted by Crippen LogP contribution is 2.67. The highest BCUT2D eigenvalue weighted by molar-refractivity contribution is 5.78. The molecule has 25 heavy (non-hydrogen) atoms. The standard InChI is InChI=1S/C20H31NO4/c1-2-3-8-21-18(22)14-4-6-19(7-5-14)23-20(25-24-19)16-10-13-9-15(12-16)17(20)11-13/h13-17H,2-12H2,1H3,(H,21,22).